The molecule has 0 bridgehead atoms. The van der Waals surface area contributed by atoms with Gasteiger partial charge in [0.15, 0.2) is 0 Å². The highest BCUT2D eigenvalue weighted by Crippen LogP contribution is 2.31. The summed E-state index contributed by atoms with van der Waals surface area (Å²) in [5, 5.41) is 0. The maximum absolute atomic E-state index is 13.4. The van der Waals surface area contributed by atoms with Crippen LogP contribution in [0.4, 0.5) is 5.69 Å². The highest BCUT2D eigenvalue weighted by Gasteiger charge is 2.39. The van der Waals surface area contributed by atoms with Crippen molar-refractivity contribution < 1.29 is 18.0 Å². The second-order valence-electron chi connectivity index (χ2n) is 7.39. The number of carbonyl (C=O) groups excluding carboxylic acids is 2. The molecule has 0 spiro atoms. The number of amides is 2. The molecule has 0 aliphatic carbocycles. The Labute approximate surface area is 164 Å². The highest BCUT2D eigenvalue weighted by atomic mass is 32.2. The molecule has 4 rings (SSSR count). The van der Waals surface area contributed by atoms with Crippen LogP contribution in [-0.4, -0.2) is 49.7 Å². The monoisotopic (exact) mass is 398 g/mol. The van der Waals surface area contributed by atoms with Crippen LogP contribution in [0.5, 0.6) is 0 Å². The van der Waals surface area contributed by atoms with E-state index in [0.29, 0.717) is 18.7 Å². The van der Waals surface area contributed by atoms with Crippen molar-refractivity contribution in [3.8, 4) is 0 Å². The number of anilines is 1. The first kappa shape index (κ1) is 18.7. The Kier molecular flexibility index (Phi) is 4.71. The third-order valence-electron chi connectivity index (χ3n) is 5.43. The molecule has 28 heavy (non-hydrogen) atoms. The molecule has 0 radical (unpaired) electrons. The summed E-state index contributed by atoms with van der Waals surface area (Å²) in [6, 6.07) is 14.2. The fraction of sp³-hybridized carbons (Fsp3) is 0.333. The molecule has 2 amide bonds. The molecule has 6 nitrogen and oxygen atoms in total. The third-order valence-corrected chi connectivity index (χ3v) is 6.40. The van der Waals surface area contributed by atoms with Crippen LogP contribution in [0.1, 0.15) is 27.9 Å². The van der Waals surface area contributed by atoms with Gasteiger partial charge in [0.25, 0.3) is 5.91 Å². The molecule has 2 aromatic rings. The number of hydrogen-bond acceptors (Lipinski definition) is 4. The molecule has 0 N–H and O–H groups in total. The van der Waals surface area contributed by atoms with E-state index in [1.807, 2.05) is 36.4 Å². The van der Waals surface area contributed by atoms with Crippen LogP contribution in [0.25, 0.3) is 0 Å². The fourth-order valence-corrected chi connectivity index (χ4v) is 4.67. The quantitative estimate of drug-likeness (QED) is 0.772. The smallest absolute Gasteiger partial charge is 0.255 e. The molecule has 0 saturated heterocycles. The van der Waals surface area contributed by atoms with E-state index in [-0.39, 0.29) is 24.0 Å². The summed E-state index contributed by atoms with van der Waals surface area (Å²) in [4.78, 5) is 29.6. The van der Waals surface area contributed by atoms with Gasteiger partial charge in [-0.05, 0) is 36.1 Å². The van der Waals surface area contributed by atoms with Crippen molar-refractivity contribution in [2.45, 2.75) is 25.4 Å². The summed E-state index contributed by atoms with van der Waals surface area (Å²) < 4.78 is 23.5. The lowest BCUT2D eigenvalue weighted by Crippen LogP contribution is -2.49. The van der Waals surface area contributed by atoms with E-state index in [4.69, 9.17) is 0 Å². The topological polar surface area (TPSA) is 74.8 Å². The molecule has 146 valence electrons. The zero-order chi connectivity index (χ0) is 19.9. The summed E-state index contributed by atoms with van der Waals surface area (Å²) in [7, 11) is -3.26. The first-order valence-electron chi connectivity index (χ1n) is 9.31. The number of rotatable bonds is 5. The van der Waals surface area contributed by atoms with Crippen molar-refractivity contribution in [3.05, 3.63) is 65.2 Å². The first-order valence-corrected chi connectivity index (χ1v) is 11.4. The largest absolute Gasteiger partial charge is 0.322 e. The highest BCUT2D eigenvalue weighted by molar-refractivity contribution is 7.90. The van der Waals surface area contributed by atoms with Crippen molar-refractivity contribution in [1.29, 1.82) is 0 Å². The molecule has 1 atom stereocenters. The molecule has 0 aromatic heterocycles. The number of fused-ring (bicyclic) bond motifs is 2. The number of sulfone groups is 1. The Bertz CT molecular complexity index is 1050. The minimum atomic E-state index is -3.26. The normalized spacial score (nSPS) is 16.8. The Morgan fingerprint density at radius 1 is 1.07 bits per heavy atom. The maximum atomic E-state index is 13.4. The van der Waals surface area contributed by atoms with Crippen LogP contribution >= 0.6 is 0 Å². The summed E-state index contributed by atoms with van der Waals surface area (Å²) >= 11 is 0. The summed E-state index contributed by atoms with van der Waals surface area (Å²) in [6.45, 7) is 0.868. The molecule has 7 heteroatoms. The second kappa shape index (κ2) is 7.05. The zero-order valence-electron chi connectivity index (χ0n) is 15.7. The Morgan fingerprint density at radius 2 is 1.75 bits per heavy atom. The van der Waals surface area contributed by atoms with Gasteiger partial charge < -0.3 is 9.80 Å². The van der Waals surface area contributed by atoms with Crippen LogP contribution in [0.2, 0.25) is 0 Å². The lowest BCUT2D eigenvalue weighted by Gasteiger charge is -2.30. The van der Waals surface area contributed by atoms with E-state index in [9.17, 15) is 18.0 Å². The van der Waals surface area contributed by atoms with Crippen LogP contribution in [-0.2, 0) is 27.6 Å². The maximum Gasteiger partial charge on any atom is 0.255 e. The van der Waals surface area contributed by atoms with E-state index >= 15 is 0 Å². The van der Waals surface area contributed by atoms with Gasteiger partial charge in [0.05, 0.1) is 5.75 Å². The van der Waals surface area contributed by atoms with Crippen molar-refractivity contribution >= 4 is 27.3 Å². The van der Waals surface area contributed by atoms with Crippen molar-refractivity contribution in [1.82, 2.24) is 4.90 Å². The van der Waals surface area contributed by atoms with E-state index in [2.05, 4.69) is 0 Å². The predicted octanol–water partition coefficient (Wildman–Crippen LogP) is 2.03. The fourth-order valence-electron chi connectivity index (χ4n) is 4.01. The first-order chi connectivity index (χ1) is 13.3. The number of benzene rings is 2. The number of hydrogen-bond donors (Lipinski definition) is 0. The summed E-state index contributed by atoms with van der Waals surface area (Å²) in [5.41, 5.74) is 3.39. The summed E-state index contributed by atoms with van der Waals surface area (Å²) in [5.74, 6) is -0.566. The number of para-hydroxylation sites is 1. The third kappa shape index (κ3) is 3.42. The second-order valence-corrected chi connectivity index (χ2v) is 9.65. The lowest BCUT2D eigenvalue weighted by molar-refractivity contribution is -0.123. The van der Waals surface area contributed by atoms with Gasteiger partial charge in [-0.15, -0.1) is 0 Å². The van der Waals surface area contributed by atoms with Gasteiger partial charge >= 0.3 is 0 Å². The average molecular weight is 398 g/mol. The van der Waals surface area contributed by atoms with Crippen molar-refractivity contribution in [3.63, 3.8) is 0 Å². The molecular formula is C21H22N2O4S. The Morgan fingerprint density at radius 3 is 2.46 bits per heavy atom. The van der Waals surface area contributed by atoms with Crippen LogP contribution in [0, 0.1) is 0 Å². The van der Waals surface area contributed by atoms with Gasteiger partial charge in [0, 0.05) is 30.6 Å². The molecular weight excluding hydrogens is 376 g/mol. The molecule has 2 aliphatic heterocycles. The minimum Gasteiger partial charge on any atom is -0.322 e. The molecule has 1 unspecified atom stereocenters. The minimum absolute atomic E-state index is 0.0933. The predicted molar refractivity (Wildman–Crippen MR) is 107 cm³/mol. The average Bonchev–Trinajstić information content (AvgIpc) is 3.23. The molecule has 2 heterocycles. The Balaban J connectivity index is 1.65. The lowest BCUT2D eigenvalue weighted by atomic mass is 10.1. The molecule has 2 aromatic carbocycles. The Hall–Kier alpha value is -2.67. The van der Waals surface area contributed by atoms with Crippen molar-refractivity contribution in [2.24, 2.45) is 0 Å². The van der Waals surface area contributed by atoms with Gasteiger partial charge in [0.2, 0.25) is 5.91 Å². The van der Waals surface area contributed by atoms with Gasteiger partial charge in [0.1, 0.15) is 15.9 Å². The zero-order valence-corrected chi connectivity index (χ0v) is 16.5. The molecule has 2 aliphatic rings. The van der Waals surface area contributed by atoms with Crippen LogP contribution in [0.15, 0.2) is 48.5 Å². The van der Waals surface area contributed by atoms with E-state index in [1.54, 1.807) is 17.0 Å². The van der Waals surface area contributed by atoms with E-state index < -0.39 is 15.9 Å². The van der Waals surface area contributed by atoms with Crippen LogP contribution < -0.4 is 4.90 Å². The number of nitrogens with zero attached hydrogens (tertiary/aromatic N) is 2. The number of carbonyl (C=O) groups is 2. The van der Waals surface area contributed by atoms with Crippen LogP contribution in [0.3, 0.4) is 0 Å². The molecule has 0 saturated carbocycles. The van der Waals surface area contributed by atoms with Gasteiger partial charge in [-0.2, -0.15) is 0 Å². The molecule has 0 fully saturated rings. The van der Waals surface area contributed by atoms with Gasteiger partial charge in [-0.3, -0.25) is 9.59 Å². The standard InChI is InChI=1S/C21H22N2O4S/c1-28(26,27)13-11-19(23-14-16-7-2-4-8-17(16)20(23)24)21(25)22-12-10-15-6-3-5-9-18(15)22/h2-9,19H,10-14H2,1H3. The van der Waals surface area contributed by atoms with Gasteiger partial charge in [-0.1, -0.05) is 36.4 Å². The van der Waals surface area contributed by atoms with Gasteiger partial charge in [-0.25, -0.2) is 8.42 Å². The van der Waals surface area contributed by atoms with Crippen molar-refractivity contribution in [2.75, 3.05) is 23.5 Å². The SMILES string of the molecule is CS(=O)(=O)CCC(C(=O)N1CCc2ccccc21)N1Cc2ccccc2C1=O. The van der Waals surface area contributed by atoms with E-state index in [1.165, 1.54) is 4.90 Å². The summed E-state index contributed by atoms with van der Waals surface area (Å²) in [6.07, 6.45) is 2.01. The van der Waals surface area contributed by atoms with E-state index in [0.717, 1.165) is 29.5 Å².